The normalized spacial score (nSPS) is 22.0. The zero-order valence-corrected chi connectivity index (χ0v) is 21.1. The van der Waals surface area contributed by atoms with Crippen molar-refractivity contribution < 1.29 is 14.3 Å². The third-order valence-electron chi connectivity index (χ3n) is 7.76. The van der Waals surface area contributed by atoms with Gasteiger partial charge in [-0.25, -0.2) is 4.98 Å². The lowest BCUT2D eigenvalue weighted by atomic mass is 9.95. The van der Waals surface area contributed by atoms with Crippen molar-refractivity contribution in [3.8, 4) is 12.0 Å². The van der Waals surface area contributed by atoms with E-state index in [9.17, 15) is 4.79 Å². The van der Waals surface area contributed by atoms with Gasteiger partial charge in [-0.2, -0.15) is 15.0 Å². The van der Waals surface area contributed by atoms with E-state index in [2.05, 4.69) is 17.9 Å². The Bertz CT molecular complexity index is 1490. The van der Waals surface area contributed by atoms with E-state index in [0.29, 0.717) is 48.8 Å². The fourth-order valence-corrected chi connectivity index (χ4v) is 5.63. The van der Waals surface area contributed by atoms with Crippen molar-refractivity contribution in [2.24, 2.45) is 13.0 Å². The van der Waals surface area contributed by atoms with E-state index >= 15 is 0 Å². The molecule has 3 fully saturated rings. The Kier molecular flexibility index (Phi) is 5.27. The number of likely N-dealkylation sites (tertiary alicyclic amines) is 1. The lowest BCUT2D eigenvalue weighted by Crippen LogP contribution is -2.63. The molecule has 4 aromatic rings. The molecule has 5 heterocycles. The number of aryl methyl sites for hydroxylation is 2. The number of ether oxygens (including phenoxy) is 2. The van der Waals surface area contributed by atoms with Crippen LogP contribution in [0.1, 0.15) is 25.6 Å². The van der Waals surface area contributed by atoms with E-state index in [1.54, 1.807) is 0 Å². The average Bonchev–Trinajstić information content (AvgIpc) is 3.58. The third-order valence-corrected chi connectivity index (χ3v) is 7.76. The topological polar surface area (TPSA) is 103 Å². The summed E-state index contributed by atoms with van der Waals surface area (Å²) in [6.07, 6.45) is 3.92. The van der Waals surface area contributed by atoms with Crippen LogP contribution >= 0.6 is 0 Å². The summed E-state index contributed by atoms with van der Waals surface area (Å²) in [5.74, 6) is 2.77. The molecular weight excluding hydrogens is 472 g/mol. The van der Waals surface area contributed by atoms with Crippen molar-refractivity contribution in [3.63, 3.8) is 0 Å². The monoisotopic (exact) mass is 502 g/mol. The van der Waals surface area contributed by atoms with Crippen LogP contribution in [0.4, 0.5) is 5.82 Å². The van der Waals surface area contributed by atoms with Crippen LogP contribution in [0.3, 0.4) is 0 Å². The molecule has 2 atom stereocenters. The number of hydrogen-bond acceptors (Lipinski definition) is 8. The second-order valence-corrected chi connectivity index (χ2v) is 10.1. The highest BCUT2D eigenvalue weighted by molar-refractivity contribution is 5.86. The summed E-state index contributed by atoms with van der Waals surface area (Å²) in [7, 11) is 1.93. The summed E-state index contributed by atoms with van der Waals surface area (Å²) in [4.78, 5) is 35.3. The Morgan fingerprint density at radius 3 is 2.68 bits per heavy atom. The lowest BCUT2D eigenvalue weighted by Gasteiger charge is -2.45. The second kappa shape index (κ2) is 8.69. The number of morpholine rings is 1. The molecule has 3 aliphatic rings. The number of hydrogen-bond donors (Lipinski definition) is 0. The molecule has 2 unspecified atom stereocenters. The van der Waals surface area contributed by atoms with E-state index in [-0.39, 0.29) is 12.1 Å². The predicted octanol–water partition coefficient (Wildman–Crippen LogP) is 2.10. The average molecular weight is 503 g/mol. The largest absolute Gasteiger partial charge is 0.457 e. The van der Waals surface area contributed by atoms with Gasteiger partial charge >= 0.3 is 0 Å². The van der Waals surface area contributed by atoms with Gasteiger partial charge in [0.25, 0.3) is 6.01 Å². The van der Waals surface area contributed by atoms with Gasteiger partial charge in [0.1, 0.15) is 11.9 Å². The first kappa shape index (κ1) is 22.5. The molecule has 1 saturated carbocycles. The standard InChI is InChI=1S/C26H30N8O3/c1-3-20-27-17-6-4-5-7-18(17)34(20)25-29-23-21(24(30-25)32-10-12-36-13-11-32)28-26(31(23)2)37-19-14-33(15-35)22(19)16-8-9-16/h4-7,15-16,19,22H,3,8-14H2,1-2H3. The number of fused-ring (bicyclic) bond motifs is 2. The molecule has 7 rings (SSSR count). The number of para-hydroxylation sites is 2. The Morgan fingerprint density at radius 1 is 1.11 bits per heavy atom. The van der Waals surface area contributed by atoms with Crippen LogP contribution in [0.2, 0.25) is 0 Å². The van der Waals surface area contributed by atoms with E-state index in [4.69, 9.17) is 29.4 Å². The van der Waals surface area contributed by atoms with Crippen molar-refractivity contribution in [1.29, 1.82) is 0 Å². The number of anilines is 1. The summed E-state index contributed by atoms with van der Waals surface area (Å²) < 4.78 is 16.0. The number of carbonyl (C=O) groups is 1. The number of rotatable bonds is 7. The first-order valence-electron chi connectivity index (χ1n) is 13.1. The van der Waals surface area contributed by atoms with Gasteiger partial charge < -0.3 is 19.3 Å². The Labute approximate surface area is 214 Å². The molecule has 1 aliphatic carbocycles. The number of amides is 1. The maximum absolute atomic E-state index is 11.5. The van der Waals surface area contributed by atoms with Crippen molar-refractivity contribution in [3.05, 3.63) is 30.1 Å². The highest BCUT2D eigenvalue weighted by Gasteiger charge is 2.49. The van der Waals surface area contributed by atoms with Gasteiger partial charge in [-0.1, -0.05) is 19.1 Å². The first-order chi connectivity index (χ1) is 18.2. The molecule has 3 aromatic heterocycles. The Morgan fingerprint density at radius 2 is 1.92 bits per heavy atom. The van der Waals surface area contributed by atoms with Crippen LogP contribution in [-0.4, -0.2) is 85.4 Å². The fourth-order valence-electron chi connectivity index (χ4n) is 5.63. The highest BCUT2D eigenvalue weighted by atomic mass is 16.5. The number of nitrogens with zero attached hydrogens (tertiary/aromatic N) is 8. The van der Waals surface area contributed by atoms with Crippen LogP contribution in [-0.2, 0) is 23.0 Å². The zero-order valence-electron chi connectivity index (χ0n) is 21.1. The molecule has 0 N–H and O–H groups in total. The number of aromatic nitrogens is 6. The number of carbonyl (C=O) groups excluding carboxylic acids is 1. The van der Waals surface area contributed by atoms with Crippen LogP contribution in [0.25, 0.3) is 28.1 Å². The molecule has 11 heteroatoms. The summed E-state index contributed by atoms with van der Waals surface area (Å²) in [5, 5.41) is 0. The van der Waals surface area contributed by atoms with Gasteiger partial charge in [0.05, 0.1) is 36.8 Å². The molecule has 11 nitrogen and oxygen atoms in total. The van der Waals surface area contributed by atoms with E-state index in [1.807, 2.05) is 39.3 Å². The molecule has 2 saturated heterocycles. The third kappa shape index (κ3) is 3.63. The maximum Gasteiger partial charge on any atom is 0.298 e. The molecular formula is C26H30N8O3. The van der Waals surface area contributed by atoms with Gasteiger partial charge in [-0.05, 0) is 30.9 Å². The van der Waals surface area contributed by atoms with Gasteiger partial charge in [0.2, 0.25) is 12.4 Å². The van der Waals surface area contributed by atoms with Crippen LogP contribution < -0.4 is 9.64 Å². The molecule has 1 aromatic carbocycles. The lowest BCUT2D eigenvalue weighted by molar-refractivity contribution is -0.136. The molecule has 2 aliphatic heterocycles. The first-order valence-corrected chi connectivity index (χ1v) is 13.1. The summed E-state index contributed by atoms with van der Waals surface area (Å²) in [6.45, 7) is 5.40. The van der Waals surface area contributed by atoms with Crippen LogP contribution in [0, 0.1) is 5.92 Å². The minimum atomic E-state index is -0.0586. The van der Waals surface area contributed by atoms with Crippen LogP contribution in [0.15, 0.2) is 24.3 Å². The number of benzene rings is 1. The quantitative estimate of drug-likeness (QED) is 0.354. The minimum Gasteiger partial charge on any atom is -0.457 e. The second-order valence-electron chi connectivity index (χ2n) is 10.1. The summed E-state index contributed by atoms with van der Waals surface area (Å²) in [6, 6.07) is 8.70. The van der Waals surface area contributed by atoms with Crippen molar-refractivity contribution in [2.45, 2.75) is 38.3 Å². The van der Waals surface area contributed by atoms with E-state index < -0.39 is 0 Å². The van der Waals surface area contributed by atoms with E-state index in [0.717, 1.165) is 61.4 Å². The van der Waals surface area contributed by atoms with Gasteiger partial charge in [-0.15, -0.1) is 0 Å². The van der Waals surface area contributed by atoms with Crippen molar-refractivity contribution in [1.82, 2.24) is 34.0 Å². The highest BCUT2D eigenvalue weighted by Crippen LogP contribution is 2.42. The van der Waals surface area contributed by atoms with Crippen molar-refractivity contribution in [2.75, 3.05) is 37.7 Å². The Hall–Kier alpha value is -3.73. The molecule has 192 valence electrons. The van der Waals surface area contributed by atoms with Gasteiger partial charge in [0, 0.05) is 26.6 Å². The zero-order chi connectivity index (χ0) is 25.1. The molecule has 0 radical (unpaired) electrons. The van der Waals surface area contributed by atoms with Crippen LogP contribution in [0.5, 0.6) is 6.01 Å². The predicted molar refractivity (Wildman–Crippen MR) is 137 cm³/mol. The molecule has 0 bridgehead atoms. The molecule has 37 heavy (non-hydrogen) atoms. The summed E-state index contributed by atoms with van der Waals surface area (Å²) >= 11 is 0. The van der Waals surface area contributed by atoms with Gasteiger partial charge in [-0.3, -0.25) is 13.9 Å². The minimum absolute atomic E-state index is 0.0586. The maximum atomic E-state index is 11.5. The van der Waals surface area contributed by atoms with Gasteiger partial charge in [0.15, 0.2) is 17.0 Å². The van der Waals surface area contributed by atoms with E-state index in [1.165, 1.54) is 0 Å². The smallest absolute Gasteiger partial charge is 0.298 e. The number of imidazole rings is 2. The molecule has 1 amide bonds. The molecule has 0 spiro atoms. The SMILES string of the molecule is CCc1nc2ccccc2n1-c1nc(N2CCOCC2)c2nc(OC3CN(C=O)C3C3CC3)n(C)c2n1. The van der Waals surface area contributed by atoms with Crippen molar-refractivity contribution >= 4 is 34.4 Å². The summed E-state index contributed by atoms with van der Waals surface area (Å²) in [5.41, 5.74) is 3.30. The Balaban J connectivity index is 1.35. The fraction of sp³-hybridized carbons (Fsp3) is 0.500.